The number of carbonyl (C=O) groups is 2. The van der Waals surface area contributed by atoms with Crippen molar-refractivity contribution in [3.63, 3.8) is 0 Å². The number of carboxylic acids is 1. The van der Waals surface area contributed by atoms with Crippen molar-refractivity contribution in [1.29, 1.82) is 0 Å². The van der Waals surface area contributed by atoms with Crippen LogP contribution in [0.4, 0.5) is 10.5 Å². The number of hydrogen-bond donors (Lipinski definition) is 4. The highest BCUT2D eigenvalue weighted by atomic mass is 79.9. The van der Waals surface area contributed by atoms with Crippen LogP contribution < -0.4 is 16.0 Å². The molecule has 0 aliphatic carbocycles. The minimum atomic E-state index is -1.09. The molecule has 6 nitrogen and oxygen atoms in total. The van der Waals surface area contributed by atoms with Crippen molar-refractivity contribution < 1.29 is 14.7 Å². The molecule has 0 unspecified atom stereocenters. The van der Waals surface area contributed by atoms with E-state index in [9.17, 15) is 9.59 Å². The molecule has 19 heavy (non-hydrogen) atoms. The van der Waals surface area contributed by atoms with Crippen LogP contribution in [0, 0.1) is 0 Å². The fourth-order valence-corrected chi connectivity index (χ4v) is 1.80. The molecule has 0 aliphatic rings. The number of rotatable bonds is 6. The maximum atomic E-state index is 11.6. The van der Waals surface area contributed by atoms with Crippen molar-refractivity contribution in [2.45, 2.75) is 6.42 Å². The number of carboxylic acid groups (broad SMARTS) is 1. The highest BCUT2D eigenvalue weighted by Gasteiger charge is 2.12. The van der Waals surface area contributed by atoms with Crippen molar-refractivity contribution in [2.75, 3.05) is 25.5 Å². The summed E-state index contributed by atoms with van der Waals surface area (Å²) in [6.07, 6.45) is 0.800. The van der Waals surface area contributed by atoms with Gasteiger partial charge in [-0.25, -0.2) is 9.59 Å². The van der Waals surface area contributed by atoms with Crippen molar-refractivity contribution in [3.8, 4) is 0 Å². The Bertz CT molecular complexity index is 466. The third-order valence-electron chi connectivity index (χ3n) is 2.35. The van der Waals surface area contributed by atoms with E-state index in [4.69, 9.17) is 5.11 Å². The Hall–Kier alpha value is -1.60. The second-order valence-electron chi connectivity index (χ2n) is 3.83. The number of nitrogens with one attached hydrogen (secondary N) is 3. The van der Waals surface area contributed by atoms with Gasteiger partial charge in [-0.05, 0) is 38.2 Å². The lowest BCUT2D eigenvalue weighted by Crippen LogP contribution is -2.31. The first-order chi connectivity index (χ1) is 9.04. The van der Waals surface area contributed by atoms with Crippen LogP contribution in [-0.4, -0.2) is 37.2 Å². The van der Waals surface area contributed by atoms with Gasteiger partial charge in [0, 0.05) is 11.0 Å². The first kappa shape index (κ1) is 15.5. The molecule has 0 aliphatic heterocycles. The van der Waals surface area contributed by atoms with Crippen LogP contribution in [0.2, 0.25) is 0 Å². The molecular weight excluding hydrogens is 314 g/mol. The first-order valence-electron chi connectivity index (χ1n) is 5.77. The number of anilines is 1. The first-order valence-corrected chi connectivity index (χ1v) is 6.56. The number of urea groups is 1. The van der Waals surface area contributed by atoms with Crippen molar-refractivity contribution in [1.82, 2.24) is 10.6 Å². The Kier molecular flexibility index (Phi) is 6.31. The van der Waals surface area contributed by atoms with Crippen LogP contribution in [0.25, 0.3) is 0 Å². The molecule has 0 bridgehead atoms. The lowest BCUT2D eigenvalue weighted by atomic mass is 10.2. The van der Waals surface area contributed by atoms with E-state index in [0.717, 1.165) is 13.0 Å². The molecule has 0 radical (unpaired) electrons. The Morgan fingerprint density at radius 3 is 2.68 bits per heavy atom. The normalized spacial score (nSPS) is 10.0. The zero-order valence-corrected chi connectivity index (χ0v) is 12.1. The van der Waals surface area contributed by atoms with E-state index in [0.29, 0.717) is 11.0 Å². The standard InChI is InChI=1S/C12H16BrN3O3/c1-14-5-2-6-15-12(19)16-10-7-8(13)3-4-9(10)11(17)18/h3-4,7,14H,2,5-6H2,1H3,(H,17,18)(H2,15,16,19). The van der Waals surface area contributed by atoms with Gasteiger partial charge in [-0.2, -0.15) is 0 Å². The molecule has 1 aromatic carbocycles. The second kappa shape index (κ2) is 7.75. The zero-order valence-electron chi connectivity index (χ0n) is 10.5. The van der Waals surface area contributed by atoms with E-state index in [2.05, 4.69) is 31.9 Å². The molecule has 1 rings (SSSR count). The fraction of sp³-hybridized carbons (Fsp3) is 0.333. The predicted molar refractivity (Wildman–Crippen MR) is 76.7 cm³/mol. The third-order valence-corrected chi connectivity index (χ3v) is 2.84. The average Bonchev–Trinajstić information content (AvgIpc) is 2.34. The van der Waals surface area contributed by atoms with Crippen molar-refractivity contribution in [3.05, 3.63) is 28.2 Å². The summed E-state index contributed by atoms with van der Waals surface area (Å²) < 4.78 is 0.697. The number of amides is 2. The maximum Gasteiger partial charge on any atom is 0.337 e. The van der Waals surface area contributed by atoms with Crippen LogP contribution in [0.3, 0.4) is 0 Å². The summed E-state index contributed by atoms with van der Waals surface area (Å²) in [5.74, 6) is -1.09. The average molecular weight is 330 g/mol. The van der Waals surface area contributed by atoms with Crippen molar-refractivity contribution >= 4 is 33.6 Å². The van der Waals surface area contributed by atoms with Crippen molar-refractivity contribution in [2.24, 2.45) is 0 Å². The van der Waals surface area contributed by atoms with E-state index in [1.807, 2.05) is 7.05 Å². The van der Waals surface area contributed by atoms with Gasteiger partial charge in [0.05, 0.1) is 11.3 Å². The van der Waals surface area contributed by atoms with Gasteiger partial charge in [-0.3, -0.25) is 0 Å². The number of carbonyl (C=O) groups excluding carboxylic acids is 1. The molecule has 0 spiro atoms. The predicted octanol–water partition coefficient (Wildman–Crippen LogP) is 1.88. The number of benzene rings is 1. The molecule has 0 saturated heterocycles. The van der Waals surface area contributed by atoms with Crippen LogP contribution in [0.5, 0.6) is 0 Å². The number of hydrogen-bond acceptors (Lipinski definition) is 3. The Balaban J connectivity index is 2.62. The largest absolute Gasteiger partial charge is 0.478 e. The molecule has 0 fully saturated rings. The second-order valence-corrected chi connectivity index (χ2v) is 4.75. The lowest BCUT2D eigenvalue weighted by Gasteiger charge is -2.10. The monoisotopic (exact) mass is 329 g/mol. The SMILES string of the molecule is CNCCCNC(=O)Nc1cc(Br)ccc1C(=O)O. The Morgan fingerprint density at radius 1 is 1.32 bits per heavy atom. The Morgan fingerprint density at radius 2 is 2.05 bits per heavy atom. The van der Waals surface area contributed by atoms with Gasteiger partial charge in [-0.1, -0.05) is 15.9 Å². The summed E-state index contributed by atoms with van der Waals surface area (Å²) >= 11 is 3.24. The summed E-state index contributed by atoms with van der Waals surface area (Å²) in [5, 5.41) is 17.2. The van der Waals surface area contributed by atoms with Crippen LogP contribution in [0.1, 0.15) is 16.8 Å². The summed E-state index contributed by atoms with van der Waals surface area (Å²) in [4.78, 5) is 22.6. The smallest absolute Gasteiger partial charge is 0.337 e. The highest BCUT2D eigenvalue weighted by molar-refractivity contribution is 9.10. The van der Waals surface area contributed by atoms with E-state index in [-0.39, 0.29) is 11.3 Å². The maximum absolute atomic E-state index is 11.6. The van der Waals surface area contributed by atoms with Gasteiger partial charge in [0.2, 0.25) is 0 Å². The highest BCUT2D eigenvalue weighted by Crippen LogP contribution is 2.21. The van der Waals surface area contributed by atoms with Crippen LogP contribution >= 0.6 is 15.9 Å². The summed E-state index contributed by atoms with van der Waals surface area (Å²) in [5.41, 5.74) is 0.307. The molecular formula is C12H16BrN3O3. The molecule has 0 heterocycles. The summed E-state index contributed by atoms with van der Waals surface area (Å²) in [7, 11) is 1.83. The van der Waals surface area contributed by atoms with E-state index < -0.39 is 12.0 Å². The molecule has 104 valence electrons. The summed E-state index contributed by atoms with van der Waals surface area (Å²) in [6.45, 7) is 1.32. The van der Waals surface area contributed by atoms with E-state index >= 15 is 0 Å². The van der Waals surface area contributed by atoms with E-state index in [1.54, 1.807) is 12.1 Å². The summed E-state index contributed by atoms with van der Waals surface area (Å²) in [6, 6.07) is 4.18. The lowest BCUT2D eigenvalue weighted by molar-refractivity contribution is 0.0698. The van der Waals surface area contributed by atoms with Gasteiger partial charge in [0.25, 0.3) is 0 Å². The van der Waals surface area contributed by atoms with Gasteiger partial charge < -0.3 is 21.1 Å². The minimum Gasteiger partial charge on any atom is -0.478 e. The van der Waals surface area contributed by atoms with Gasteiger partial charge in [-0.15, -0.1) is 0 Å². The molecule has 1 aromatic rings. The number of halogens is 1. The van der Waals surface area contributed by atoms with Gasteiger partial charge in [0.15, 0.2) is 0 Å². The third kappa shape index (κ3) is 5.27. The molecule has 4 N–H and O–H groups in total. The van der Waals surface area contributed by atoms with E-state index in [1.165, 1.54) is 6.07 Å². The van der Waals surface area contributed by atoms with Gasteiger partial charge >= 0.3 is 12.0 Å². The van der Waals surface area contributed by atoms with Crippen LogP contribution in [-0.2, 0) is 0 Å². The molecule has 2 amide bonds. The van der Waals surface area contributed by atoms with Gasteiger partial charge in [0.1, 0.15) is 0 Å². The zero-order chi connectivity index (χ0) is 14.3. The molecule has 0 saturated carbocycles. The molecule has 0 atom stereocenters. The quantitative estimate of drug-likeness (QED) is 0.600. The Labute approximate surface area is 119 Å². The number of aromatic carboxylic acids is 1. The molecule has 0 aromatic heterocycles. The topological polar surface area (TPSA) is 90.5 Å². The minimum absolute atomic E-state index is 0.0496. The fourth-order valence-electron chi connectivity index (χ4n) is 1.44. The molecule has 7 heteroatoms. The van der Waals surface area contributed by atoms with Crippen LogP contribution in [0.15, 0.2) is 22.7 Å².